The first-order valence-electron chi connectivity index (χ1n) is 8.33. The fourth-order valence-electron chi connectivity index (χ4n) is 2.83. The minimum Gasteiger partial charge on any atom is -0.459 e. The zero-order valence-corrected chi connectivity index (χ0v) is 17.7. The molecule has 1 aliphatic heterocycles. The topological polar surface area (TPSA) is 109 Å². The Morgan fingerprint density at radius 2 is 1.82 bits per heavy atom. The van der Waals surface area contributed by atoms with E-state index >= 15 is 0 Å². The lowest BCUT2D eigenvalue weighted by Crippen LogP contribution is -2.50. The van der Waals surface area contributed by atoms with Crippen molar-refractivity contribution in [3.05, 3.63) is 55.3 Å². The fourth-order valence-corrected chi connectivity index (χ4v) is 4.19. The van der Waals surface area contributed by atoms with E-state index in [9.17, 15) is 19.7 Å². The number of halogens is 2. The molecule has 2 heterocycles. The maximum atomic E-state index is 12.4. The number of benzene rings is 1. The van der Waals surface area contributed by atoms with Crippen molar-refractivity contribution < 1.29 is 18.9 Å². The lowest BCUT2D eigenvalue weighted by molar-refractivity contribution is -0.385. The SMILES string of the molecule is O=C(CN1CCN(C(=O)c2ccco2)CC1)Nc1c(Br)cc([N+](=O)[O-])cc1Br. The Kier molecular flexibility index (Phi) is 6.47. The second kappa shape index (κ2) is 8.84. The zero-order chi connectivity index (χ0) is 20.3. The van der Waals surface area contributed by atoms with Crippen LogP contribution in [0.2, 0.25) is 0 Å². The second-order valence-electron chi connectivity index (χ2n) is 6.14. The fraction of sp³-hybridized carbons (Fsp3) is 0.294. The van der Waals surface area contributed by atoms with Crippen LogP contribution in [-0.2, 0) is 4.79 Å². The van der Waals surface area contributed by atoms with Crippen LogP contribution in [0.15, 0.2) is 43.9 Å². The number of hydrogen-bond donors (Lipinski definition) is 1. The Balaban J connectivity index is 1.54. The molecule has 2 aromatic rings. The van der Waals surface area contributed by atoms with Crippen molar-refractivity contribution in [2.75, 3.05) is 38.0 Å². The summed E-state index contributed by atoms with van der Waals surface area (Å²) >= 11 is 6.49. The van der Waals surface area contributed by atoms with Crippen LogP contribution in [0, 0.1) is 10.1 Å². The van der Waals surface area contributed by atoms with E-state index in [1.807, 2.05) is 4.90 Å². The molecular weight excluding hydrogens is 500 g/mol. The van der Waals surface area contributed by atoms with E-state index < -0.39 is 4.92 Å². The van der Waals surface area contributed by atoms with Gasteiger partial charge in [-0.1, -0.05) is 0 Å². The number of rotatable bonds is 5. The van der Waals surface area contributed by atoms with E-state index in [0.29, 0.717) is 46.6 Å². The first-order valence-corrected chi connectivity index (χ1v) is 9.92. The number of piperazine rings is 1. The van der Waals surface area contributed by atoms with E-state index in [-0.39, 0.29) is 24.0 Å². The number of nitrogens with one attached hydrogen (secondary N) is 1. The van der Waals surface area contributed by atoms with Crippen molar-refractivity contribution in [3.63, 3.8) is 0 Å². The molecule has 9 nitrogen and oxygen atoms in total. The summed E-state index contributed by atoms with van der Waals surface area (Å²) in [7, 11) is 0. The van der Waals surface area contributed by atoms with Gasteiger partial charge in [0.1, 0.15) is 0 Å². The highest BCUT2D eigenvalue weighted by molar-refractivity contribution is 9.11. The molecule has 3 rings (SSSR count). The van der Waals surface area contributed by atoms with Gasteiger partial charge in [-0.15, -0.1) is 0 Å². The van der Waals surface area contributed by atoms with E-state index in [1.165, 1.54) is 18.4 Å². The number of amides is 2. The molecule has 1 N–H and O–H groups in total. The summed E-state index contributed by atoms with van der Waals surface area (Å²) in [6.07, 6.45) is 1.46. The number of carbonyl (C=O) groups is 2. The highest BCUT2D eigenvalue weighted by Gasteiger charge is 2.25. The van der Waals surface area contributed by atoms with Gasteiger partial charge in [0.05, 0.1) is 23.4 Å². The molecule has 0 spiro atoms. The summed E-state index contributed by atoms with van der Waals surface area (Å²) in [4.78, 5) is 38.6. The molecule has 1 fully saturated rings. The monoisotopic (exact) mass is 514 g/mol. The van der Waals surface area contributed by atoms with Gasteiger partial charge in [0.25, 0.3) is 11.6 Å². The summed E-state index contributed by atoms with van der Waals surface area (Å²) in [6.45, 7) is 2.26. The quantitative estimate of drug-likeness (QED) is 0.484. The summed E-state index contributed by atoms with van der Waals surface area (Å²) < 4.78 is 5.96. The van der Waals surface area contributed by atoms with Crippen LogP contribution in [-0.4, -0.2) is 59.3 Å². The average Bonchev–Trinajstić information content (AvgIpc) is 3.19. The number of nitro benzene ring substituents is 1. The molecule has 11 heteroatoms. The Morgan fingerprint density at radius 3 is 2.36 bits per heavy atom. The Labute approximate surface area is 177 Å². The molecule has 148 valence electrons. The van der Waals surface area contributed by atoms with Gasteiger partial charge < -0.3 is 14.6 Å². The van der Waals surface area contributed by atoms with Crippen LogP contribution < -0.4 is 5.32 Å². The van der Waals surface area contributed by atoms with Crippen molar-refractivity contribution in [2.24, 2.45) is 0 Å². The summed E-state index contributed by atoms with van der Waals surface area (Å²) in [5.41, 5.74) is 0.344. The van der Waals surface area contributed by atoms with Crippen LogP contribution in [0.4, 0.5) is 11.4 Å². The van der Waals surface area contributed by atoms with E-state index in [0.717, 1.165) is 0 Å². The Morgan fingerprint density at radius 1 is 1.18 bits per heavy atom. The highest BCUT2D eigenvalue weighted by atomic mass is 79.9. The van der Waals surface area contributed by atoms with Gasteiger partial charge in [0, 0.05) is 47.3 Å². The van der Waals surface area contributed by atoms with Crippen molar-refractivity contribution in [2.45, 2.75) is 0 Å². The van der Waals surface area contributed by atoms with Crippen LogP contribution in [0.3, 0.4) is 0 Å². The van der Waals surface area contributed by atoms with Gasteiger partial charge in [-0.2, -0.15) is 0 Å². The van der Waals surface area contributed by atoms with Gasteiger partial charge in [0.2, 0.25) is 5.91 Å². The number of nitro groups is 1. The molecule has 1 saturated heterocycles. The van der Waals surface area contributed by atoms with E-state index in [2.05, 4.69) is 37.2 Å². The maximum absolute atomic E-state index is 12.4. The van der Waals surface area contributed by atoms with Gasteiger partial charge in [-0.05, 0) is 44.0 Å². The lowest BCUT2D eigenvalue weighted by atomic mass is 10.2. The van der Waals surface area contributed by atoms with Crippen LogP contribution in [0.5, 0.6) is 0 Å². The smallest absolute Gasteiger partial charge is 0.289 e. The third-order valence-electron chi connectivity index (χ3n) is 4.26. The minimum atomic E-state index is -0.509. The second-order valence-corrected chi connectivity index (χ2v) is 7.84. The van der Waals surface area contributed by atoms with Gasteiger partial charge in [-0.3, -0.25) is 24.6 Å². The maximum Gasteiger partial charge on any atom is 0.289 e. The first-order chi connectivity index (χ1) is 13.3. The Bertz CT molecular complexity index is 872. The largest absolute Gasteiger partial charge is 0.459 e. The summed E-state index contributed by atoms with van der Waals surface area (Å²) in [5, 5.41) is 13.6. The molecule has 0 atom stereocenters. The highest BCUT2D eigenvalue weighted by Crippen LogP contribution is 2.35. The Hall–Kier alpha value is -2.24. The van der Waals surface area contributed by atoms with Crippen molar-refractivity contribution in [1.82, 2.24) is 9.80 Å². The number of anilines is 1. The van der Waals surface area contributed by atoms with Crippen LogP contribution in [0.1, 0.15) is 10.6 Å². The number of nitrogens with zero attached hydrogens (tertiary/aromatic N) is 3. The van der Waals surface area contributed by atoms with E-state index in [4.69, 9.17) is 4.42 Å². The van der Waals surface area contributed by atoms with Gasteiger partial charge in [-0.25, -0.2) is 0 Å². The average molecular weight is 516 g/mol. The summed E-state index contributed by atoms with van der Waals surface area (Å²) in [6, 6.07) is 5.96. The molecule has 1 aliphatic rings. The van der Waals surface area contributed by atoms with E-state index in [1.54, 1.807) is 17.0 Å². The van der Waals surface area contributed by atoms with Crippen molar-refractivity contribution in [3.8, 4) is 0 Å². The molecule has 0 saturated carbocycles. The molecule has 1 aromatic heterocycles. The van der Waals surface area contributed by atoms with Gasteiger partial charge >= 0.3 is 0 Å². The third-order valence-corrected chi connectivity index (χ3v) is 5.51. The molecule has 1 aromatic carbocycles. The molecule has 0 unspecified atom stereocenters. The summed E-state index contributed by atoms with van der Waals surface area (Å²) in [5.74, 6) is -0.104. The molecule has 2 amide bonds. The van der Waals surface area contributed by atoms with Crippen LogP contribution in [0.25, 0.3) is 0 Å². The number of hydrogen-bond acceptors (Lipinski definition) is 6. The lowest BCUT2D eigenvalue weighted by Gasteiger charge is -2.33. The predicted molar refractivity (Wildman–Crippen MR) is 108 cm³/mol. The molecular formula is C17H16Br2N4O5. The molecule has 0 aliphatic carbocycles. The predicted octanol–water partition coefficient (Wildman–Crippen LogP) is 3.11. The number of furan rings is 1. The third kappa shape index (κ3) is 4.78. The minimum absolute atomic E-state index is 0.0888. The molecule has 28 heavy (non-hydrogen) atoms. The standard InChI is InChI=1S/C17H16Br2N4O5/c18-12-8-11(23(26)27)9-13(19)16(12)20-15(24)10-21-3-5-22(6-4-21)17(25)14-2-1-7-28-14/h1-2,7-9H,3-6,10H2,(H,20,24). The number of non-ortho nitro benzene ring substituents is 1. The number of carbonyl (C=O) groups excluding carboxylic acids is 2. The van der Waals surface area contributed by atoms with Crippen molar-refractivity contribution >= 4 is 55.0 Å². The molecule has 0 radical (unpaired) electrons. The molecule has 0 bridgehead atoms. The zero-order valence-electron chi connectivity index (χ0n) is 14.6. The normalized spacial score (nSPS) is 14.7. The first kappa shape index (κ1) is 20.5. The van der Waals surface area contributed by atoms with Gasteiger partial charge in [0.15, 0.2) is 5.76 Å². The van der Waals surface area contributed by atoms with Crippen molar-refractivity contribution in [1.29, 1.82) is 0 Å². The van der Waals surface area contributed by atoms with Crippen LogP contribution >= 0.6 is 31.9 Å².